The molecule has 56 valence electrons. The molecule has 0 aliphatic rings. The molecule has 2 nitrogen and oxygen atoms in total. The van der Waals surface area contributed by atoms with Crippen molar-refractivity contribution in [2.75, 3.05) is 0 Å². The summed E-state index contributed by atoms with van der Waals surface area (Å²) < 4.78 is 14.0. The standard InChI is InChI=1S/C8H7FN2/c1-6-2-3-11-7(4-6)5-8(9)10-11/h2-5H,1H3. The van der Waals surface area contributed by atoms with Crippen molar-refractivity contribution in [1.82, 2.24) is 9.61 Å². The van der Waals surface area contributed by atoms with Gasteiger partial charge in [0.1, 0.15) is 0 Å². The average Bonchev–Trinajstić information content (AvgIpc) is 2.27. The molecule has 2 aromatic rings. The van der Waals surface area contributed by atoms with Crippen LogP contribution in [0.1, 0.15) is 5.56 Å². The van der Waals surface area contributed by atoms with Crippen LogP contribution in [0.25, 0.3) is 5.52 Å². The Morgan fingerprint density at radius 2 is 2.27 bits per heavy atom. The first-order chi connectivity index (χ1) is 5.25. The Labute approximate surface area is 63.3 Å². The van der Waals surface area contributed by atoms with Crippen LogP contribution in [0.5, 0.6) is 0 Å². The highest BCUT2D eigenvalue weighted by Crippen LogP contribution is 2.06. The van der Waals surface area contributed by atoms with Crippen molar-refractivity contribution < 1.29 is 4.39 Å². The van der Waals surface area contributed by atoms with Crippen LogP contribution in [-0.2, 0) is 0 Å². The summed E-state index contributed by atoms with van der Waals surface area (Å²) in [7, 11) is 0. The van der Waals surface area contributed by atoms with Gasteiger partial charge in [-0.2, -0.15) is 4.39 Å². The van der Waals surface area contributed by atoms with E-state index in [4.69, 9.17) is 0 Å². The van der Waals surface area contributed by atoms with Gasteiger partial charge in [-0.25, -0.2) is 4.52 Å². The van der Waals surface area contributed by atoms with E-state index in [9.17, 15) is 4.39 Å². The number of pyridine rings is 1. The second kappa shape index (κ2) is 2.05. The number of rotatable bonds is 0. The van der Waals surface area contributed by atoms with Gasteiger partial charge in [0.2, 0.25) is 5.95 Å². The molecule has 0 unspecified atom stereocenters. The van der Waals surface area contributed by atoms with Gasteiger partial charge in [0.15, 0.2) is 0 Å². The Balaban J connectivity index is 2.82. The molecule has 2 rings (SSSR count). The molecule has 0 spiro atoms. The van der Waals surface area contributed by atoms with Crippen molar-refractivity contribution in [1.29, 1.82) is 0 Å². The smallest absolute Gasteiger partial charge is 0.233 e. The third-order valence-corrected chi connectivity index (χ3v) is 1.59. The maximum Gasteiger partial charge on any atom is 0.233 e. The molecule has 0 aromatic carbocycles. The lowest BCUT2D eigenvalue weighted by Crippen LogP contribution is -1.86. The number of hydrogen-bond acceptors (Lipinski definition) is 1. The van der Waals surface area contributed by atoms with E-state index < -0.39 is 5.95 Å². The molecule has 3 heteroatoms. The Kier molecular flexibility index (Phi) is 1.18. The van der Waals surface area contributed by atoms with Crippen molar-refractivity contribution in [3.8, 4) is 0 Å². The van der Waals surface area contributed by atoms with E-state index in [1.54, 1.807) is 6.20 Å². The van der Waals surface area contributed by atoms with Crippen LogP contribution in [0, 0.1) is 12.9 Å². The summed E-state index contributed by atoms with van der Waals surface area (Å²) in [5.74, 6) is -0.435. The minimum absolute atomic E-state index is 0.435. The zero-order chi connectivity index (χ0) is 7.84. The second-order valence-corrected chi connectivity index (χ2v) is 2.54. The number of halogens is 1. The van der Waals surface area contributed by atoms with E-state index >= 15 is 0 Å². The summed E-state index contributed by atoms with van der Waals surface area (Å²) in [6, 6.07) is 5.18. The SMILES string of the molecule is Cc1ccn2nc(F)cc2c1. The van der Waals surface area contributed by atoms with Crippen molar-refractivity contribution >= 4 is 5.52 Å². The van der Waals surface area contributed by atoms with Gasteiger partial charge in [-0.1, -0.05) is 0 Å². The number of fused-ring (bicyclic) bond motifs is 1. The first-order valence-corrected chi connectivity index (χ1v) is 3.37. The highest BCUT2D eigenvalue weighted by Gasteiger charge is 1.97. The van der Waals surface area contributed by atoms with Crippen molar-refractivity contribution in [2.45, 2.75) is 6.92 Å². The Morgan fingerprint density at radius 3 is 3.09 bits per heavy atom. The third kappa shape index (κ3) is 0.981. The fourth-order valence-corrected chi connectivity index (χ4v) is 1.07. The number of hydrogen-bond donors (Lipinski definition) is 0. The van der Waals surface area contributed by atoms with Crippen LogP contribution in [0.15, 0.2) is 24.4 Å². The first-order valence-electron chi connectivity index (χ1n) is 3.37. The maximum absolute atomic E-state index is 12.5. The van der Waals surface area contributed by atoms with Crippen molar-refractivity contribution in [3.05, 3.63) is 35.9 Å². The Hall–Kier alpha value is -1.38. The highest BCUT2D eigenvalue weighted by atomic mass is 19.1. The lowest BCUT2D eigenvalue weighted by molar-refractivity contribution is 0.571. The van der Waals surface area contributed by atoms with Crippen molar-refractivity contribution in [3.63, 3.8) is 0 Å². The van der Waals surface area contributed by atoms with Crippen LogP contribution in [-0.4, -0.2) is 9.61 Å². The molecule has 0 aliphatic heterocycles. The van der Waals surface area contributed by atoms with Crippen molar-refractivity contribution in [2.24, 2.45) is 0 Å². The number of aryl methyl sites for hydroxylation is 1. The van der Waals surface area contributed by atoms with Crippen LogP contribution >= 0.6 is 0 Å². The summed E-state index contributed by atoms with van der Waals surface area (Å²) in [6.45, 7) is 1.96. The summed E-state index contributed by atoms with van der Waals surface area (Å²) in [5, 5.41) is 3.60. The van der Waals surface area contributed by atoms with Gasteiger partial charge in [-0.05, 0) is 24.6 Å². The Bertz CT molecular complexity index is 392. The van der Waals surface area contributed by atoms with Gasteiger partial charge in [-0.3, -0.25) is 0 Å². The van der Waals surface area contributed by atoms with Gasteiger partial charge in [0, 0.05) is 12.3 Å². The average molecular weight is 150 g/mol. The lowest BCUT2D eigenvalue weighted by Gasteiger charge is -1.92. The minimum atomic E-state index is -0.435. The van der Waals surface area contributed by atoms with E-state index in [0.29, 0.717) is 0 Å². The van der Waals surface area contributed by atoms with E-state index in [-0.39, 0.29) is 0 Å². The summed E-state index contributed by atoms with van der Waals surface area (Å²) >= 11 is 0. The van der Waals surface area contributed by atoms with Gasteiger partial charge < -0.3 is 0 Å². The fourth-order valence-electron chi connectivity index (χ4n) is 1.07. The van der Waals surface area contributed by atoms with Crippen LogP contribution in [0.2, 0.25) is 0 Å². The summed E-state index contributed by atoms with van der Waals surface area (Å²) in [6.07, 6.45) is 1.74. The predicted octanol–water partition coefficient (Wildman–Crippen LogP) is 1.78. The highest BCUT2D eigenvalue weighted by molar-refractivity contribution is 5.47. The summed E-state index contributed by atoms with van der Waals surface area (Å²) in [5.41, 5.74) is 1.90. The molecule has 11 heavy (non-hydrogen) atoms. The van der Waals surface area contributed by atoms with Crippen LogP contribution < -0.4 is 0 Å². The zero-order valence-electron chi connectivity index (χ0n) is 6.08. The molecular weight excluding hydrogens is 143 g/mol. The van der Waals surface area contributed by atoms with E-state index in [1.807, 2.05) is 19.1 Å². The molecule has 0 aliphatic carbocycles. The molecule has 2 aromatic heterocycles. The topological polar surface area (TPSA) is 17.3 Å². The predicted molar refractivity (Wildman–Crippen MR) is 39.9 cm³/mol. The maximum atomic E-state index is 12.5. The molecule has 0 amide bonds. The largest absolute Gasteiger partial charge is 0.238 e. The normalized spacial score (nSPS) is 10.7. The van der Waals surface area contributed by atoms with E-state index in [1.165, 1.54) is 10.6 Å². The second-order valence-electron chi connectivity index (χ2n) is 2.54. The molecular formula is C8H7FN2. The molecule has 0 saturated heterocycles. The van der Waals surface area contributed by atoms with Gasteiger partial charge >= 0.3 is 0 Å². The molecule has 2 heterocycles. The van der Waals surface area contributed by atoms with Gasteiger partial charge in [0.05, 0.1) is 5.52 Å². The molecule has 0 fully saturated rings. The fraction of sp³-hybridized carbons (Fsp3) is 0.125. The quantitative estimate of drug-likeness (QED) is 0.559. The number of aromatic nitrogens is 2. The van der Waals surface area contributed by atoms with Gasteiger partial charge in [-0.15, -0.1) is 5.10 Å². The molecule has 0 saturated carbocycles. The first kappa shape index (κ1) is 6.34. The van der Waals surface area contributed by atoms with E-state index in [0.717, 1.165) is 11.1 Å². The molecule has 0 radical (unpaired) electrons. The van der Waals surface area contributed by atoms with E-state index in [2.05, 4.69) is 5.10 Å². The van der Waals surface area contributed by atoms with Crippen LogP contribution in [0.3, 0.4) is 0 Å². The minimum Gasteiger partial charge on any atom is -0.238 e. The number of nitrogens with zero attached hydrogens (tertiary/aromatic N) is 2. The van der Waals surface area contributed by atoms with Gasteiger partial charge in [0.25, 0.3) is 0 Å². The van der Waals surface area contributed by atoms with Crippen LogP contribution in [0.4, 0.5) is 4.39 Å². The summed E-state index contributed by atoms with van der Waals surface area (Å²) in [4.78, 5) is 0. The monoisotopic (exact) mass is 150 g/mol. The zero-order valence-corrected chi connectivity index (χ0v) is 6.08. The molecule has 0 bridgehead atoms. The Morgan fingerprint density at radius 1 is 1.45 bits per heavy atom. The molecule has 0 atom stereocenters. The lowest BCUT2D eigenvalue weighted by atomic mass is 10.3. The molecule has 0 N–H and O–H groups in total. The third-order valence-electron chi connectivity index (χ3n) is 1.59.